The van der Waals surface area contributed by atoms with Gasteiger partial charge < -0.3 is 5.11 Å². The number of hydrogen-bond acceptors (Lipinski definition) is 4. The molecule has 114 valence electrons. The van der Waals surface area contributed by atoms with Gasteiger partial charge in [0.2, 0.25) is 10.0 Å². The normalized spacial score (nSPS) is 12.0. The van der Waals surface area contributed by atoms with Crippen LogP contribution < -0.4 is 0 Å². The van der Waals surface area contributed by atoms with Crippen molar-refractivity contribution in [3.05, 3.63) is 46.8 Å². The maximum Gasteiger partial charge on any atom is 0.246 e. The van der Waals surface area contributed by atoms with Gasteiger partial charge in [0, 0.05) is 13.6 Å². The second-order valence-electron chi connectivity index (χ2n) is 5.03. The van der Waals surface area contributed by atoms with Crippen LogP contribution in [0.25, 0.3) is 0 Å². The highest BCUT2D eigenvalue weighted by molar-refractivity contribution is 7.89. The van der Waals surface area contributed by atoms with Crippen LogP contribution in [0.5, 0.6) is 0 Å². The SMILES string of the molecule is Cc1ccc(CN(C)S(=O)(=O)c2c(CO)n[nH]c2C)cc1. The highest BCUT2D eigenvalue weighted by Crippen LogP contribution is 2.22. The molecular formula is C14H19N3O3S. The summed E-state index contributed by atoms with van der Waals surface area (Å²) in [6.07, 6.45) is 0. The molecule has 7 heteroatoms. The van der Waals surface area contributed by atoms with Gasteiger partial charge in [-0.3, -0.25) is 5.10 Å². The van der Waals surface area contributed by atoms with Crippen LogP contribution in [-0.4, -0.2) is 35.1 Å². The number of benzene rings is 1. The summed E-state index contributed by atoms with van der Waals surface area (Å²) in [5.41, 5.74) is 2.59. The Morgan fingerprint density at radius 1 is 1.24 bits per heavy atom. The lowest BCUT2D eigenvalue weighted by atomic mass is 10.1. The first kappa shape index (κ1) is 15.7. The summed E-state index contributed by atoms with van der Waals surface area (Å²) < 4.78 is 26.5. The van der Waals surface area contributed by atoms with E-state index in [-0.39, 0.29) is 17.1 Å². The molecule has 0 spiro atoms. The summed E-state index contributed by atoms with van der Waals surface area (Å²) in [5.74, 6) is 0. The smallest absolute Gasteiger partial charge is 0.246 e. The number of rotatable bonds is 5. The first-order valence-corrected chi connectivity index (χ1v) is 7.97. The van der Waals surface area contributed by atoms with Crippen LogP contribution in [0, 0.1) is 13.8 Å². The fraction of sp³-hybridized carbons (Fsp3) is 0.357. The van der Waals surface area contributed by atoms with E-state index < -0.39 is 16.6 Å². The van der Waals surface area contributed by atoms with Gasteiger partial charge >= 0.3 is 0 Å². The molecule has 0 aliphatic rings. The number of aromatic nitrogens is 2. The van der Waals surface area contributed by atoms with E-state index in [1.165, 1.54) is 11.4 Å². The molecule has 1 aromatic heterocycles. The second-order valence-corrected chi connectivity index (χ2v) is 7.01. The van der Waals surface area contributed by atoms with Gasteiger partial charge in [0.05, 0.1) is 12.3 Å². The van der Waals surface area contributed by atoms with E-state index in [9.17, 15) is 13.5 Å². The Bertz CT molecular complexity index is 720. The molecule has 2 aromatic rings. The standard InChI is InChI=1S/C14H19N3O3S/c1-10-4-6-12(7-5-10)8-17(3)21(19,20)14-11(2)15-16-13(14)9-18/h4-7,18H,8-9H2,1-3H3,(H,15,16). The highest BCUT2D eigenvalue weighted by atomic mass is 32.2. The fourth-order valence-corrected chi connectivity index (χ4v) is 3.58. The van der Waals surface area contributed by atoms with E-state index in [1.54, 1.807) is 6.92 Å². The van der Waals surface area contributed by atoms with Crippen molar-refractivity contribution in [2.45, 2.75) is 31.9 Å². The summed E-state index contributed by atoms with van der Waals surface area (Å²) in [6, 6.07) is 7.68. The summed E-state index contributed by atoms with van der Waals surface area (Å²) >= 11 is 0. The first-order chi connectivity index (χ1) is 9.86. The van der Waals surface area contributed by atoms with Crippen molar-refractivity contribution in [3.8, 4) is 0 Å². The molecule has 2 rings (SSSR count). The third kappa shape index (κ3) is 3.15. The highest BCUT2D eigenvalue weighted by Gasteiger charge is 2.28. The lowest BCUT2D eigenvalue weighted by molar-refractivity contribution is 0.273. The number of hydrogen-bond donors (Lipinski definition) is 2. The summed E-state index contributed by atoms with van der Waals surface area (Å²) in [5, 5.41) is 15.7. The van der Waals surface area contributed by atoms with Gasteiger partial charge in [-0.2, -0.15) is 9.40 Å². The Morgan fingerprint density at radius 3 is 2.43 bits per heavy atom. The van der Waals surface area contributed by atoms with E-state index in [4.69, 9.17) is 0 Å². The zero-order valence-corrected chi connectivity index (χ0v) is 13.1. The van der Waals surface area contributed by atoms with Crippen molar-refractivity contribution in [2.75, 3.05) is 7.05 Å². The fourth-order valence-electron chi connectivity index (χ4n) is 2.11. The predicted molar refractivity (Wildman–Crippen MR) is 79.1 cm³/mol. The number of aryl methyl sites for hydroxylation is 2. The minimum atomic E-state index is -3.70. The van der Waals surface area contributed by atoms with Crippen molar-refractivity contribution >= 4 is 10.0 Å². The van der Waals surface area contributed by atoms with Crippen LogP contribution in [-0.2, 0) is 23.2 Å². The molecule has 0 aliphatic heterocycles. The molecule has 0 unspecified atom stereocenters. The van der Waals surface area contributed by atoms with E-state index in [0.717, 1.165) is 11.1 Å². The van der Waals surface area contributed by atoms with Crippen LogP contribution in [0.1, 0.15) is 22.5 Å². The number of H-pyrrole nitrogens is 1. The molecule has 2 N–H and O–H groups in total. The molecule has 0 aliphatic carbocycles. The third-order valence-corrected chi connectivity index (χ3v) is 5.31. The van der Waals surface area contributed by atoms with Crippen LogP contribution in [0.4, 0.5) is 0 Å². The molecule has 0 atom stereocenters. The third-order valence-electron chi connectivity index (χ3n) is 3.31. The minimum absolute atomic E-state index is 0.0552. The zero-order valence-electron chi connectivity index (χ0n) is 12.3. The van der Waals surface area contributed by atoms with Crippen molar-refractivity contribution in [3.63, 3.8) is 0 Å². The molecule has 0 fully saturated rings. The second kappa shape index (κ2) is 5.97. The van der Waals surface area contributed by atoms with Gasteiger partial charge in [-0.15, -0.1) is 0 Å². The molecule has 0 saturated carbocycles. The molecular weight excluding hydrogens is 290 g/mol. The average Bonchev–Trinajstić information content (AvgIpc) is 2.83. The topological polar surface area (TPSA) is 86.3 Å². The number of aromatic amines is 1. The first-order valence-electron chi connectivity index (χ1n) is 6.53. The molecule has 0 bridgehead atoms. The summed E-state index contributed by atoms with van der Waals surface area (Å²) in [4.78, 5) is 0.0552. The molecule has 0 radical (unpaired) electrons. The number of nitrogens with one attached hydrogen (secondary N) is 1. The summed E-state index contributed by atoms with van der Waals surface area (Å²) in [6.45, 7) is 3.45. The van der Waals surface area contributed by atoms with Crippen molar-refractivity contribution < 1.29 is 13.5 Å². The lowest BCUT2D eigenvalue weighted by Crippen LogP contribution is -2.27. The van der Waals surface area contributed by atoms with Crippen LogP contribution in [0.2, 0.25) is 0 Å². The van der Waals surface area contributed by atoms with Crippen LogP contribution in [0.15, 0.2) is 29.2 Å². The van der Waals surface area contributed by atoms with E-state index in [1.807, 2.05) is 31.2 Å². The molecule has 0 amide bonds. The number of sulfonamides is 1. The zero-order chi connectivity index (χ0) is 15.6. The Kier molecular flexibility index (Phi) is 4.46. The van der Waals surface area contributed by atoms with Gasteiger partial charge in [0.25, 0.3) is 0 Å². The Balaban J connectivity index is 2.30. The Hall–Kier alpha value is -1.70. The summed E-state index contributed by atoms with van der Waals surface area (Å²) in [7, 11) is -2.18. The number of nitrogens with zero attached hydrogens (tertiary/aromatic N) is 2. The molecule has 6 nitrogen and oxygen atoms in total. The van der Waals surface area contributed by atoms with Gasteiger partial charge in [-0.25, -0.2) is 8.42 Å². The predicted octanol–water partition coefficient (Wildman–Crippen LogP) is 1.34. The van der Waals surface area contributed by atoms with Gasteiger partial charge in [0.15, 0.2) is 0 Å². The minimum Gasteiger partial charge on any atom is -0.390 e. The van der Waals surface area contributed by atoms with Gasteiger partial charge in [-0.1, -0.05) is 29.8 Å². The van der Waals surface area contributed by atoms with Gasteiger partial charge in [0.1, 0.15) is 10.6 Å². The molecule has 1 heterocycles. The maximum absolute atomic E-state index is 12.6. The average molecular weight is 309 g/mol. The van der Waals surface area contributed by atoms with E-state index >= 15 is 0 Å². The molecule has 1 aromatic carbocycles. The van der Waals surface area contributed by atoms with Gasteiger partial charge in [-0.05, 0) is 19.4 Å². The van der Waals surface area contributed by atoms with E-state index in [2.05, 4.69) is 10.2 Å². The molecule has 0 saturated heterocycles. The lowest BCUT2D eigenvalue weighted by Gasteiger charge is -2.17. The largest absolute Gasteiger partial charge is 0.390 e. The van der Waals surface area contributed by atoms with Crippen LogP contribution >= 0.6 is 0 Å². The van der Waals surface area contributed by atoms with E-state index in [0.29, 0.717) is 5.69 Å². The Morgan fingerprint density at radius 2 is 1.86 bits per heavy atom. The monoisotopic (exact) mass is 309 g/mol. The van der Waals surface area contributed by atoms with Crippen LogP contribution in [0.3, 0.4) is 0 Å². The number of aliphatic hydroxyl groups excluding tert-OH is 1. The quantitative estimate of drug-likeness (QED) is 0.872. The van der Waals surface area contributed by atoms with Crippen molar-refractivity contribution in [1.82, 2.24) is 14.5 Å². The van der Waals surface area contributed by atoms with Crippen molar-refractivity contribution in [2.24, 2.45) is 0 Å². The van der Waals surface area contributed by atoms with Crippen molar-refractivity contribution in [1.29, 1.82) is 0 Å². The Labute approximate surface area is 124 Å². The maximum atomic E-state index is 12.6. The number of aliphatic hydroxyl groups is 1. The molecule has 21 heavy (non-hydrogen) atoms.